The summed E-state index contributed by atoms with van der Waals surface area (Å²) in [4.78, 5) is 27.3. The molecule has 0 bridgehead atoms. The van der Waals surface area contributed by atoms with E-state index in [9.17, 15) is 9.59 Å². The number of carbonyl (C=O) groups excluding carboxylic acids is 2. The Morgan fingerprint density at radius 3 is 2.67 bits per heavy atom. The van der Waals surface area contributed by atoms with Crippen LogP contribution in [0.1, 0.15) is 22.5 Å². The maximum Gasteiger partial charge on any atom is 0.263 e. The fourth-order valence-electron chi connectivity index (χ4n) is 2.85. The van der Waals surface area contributed by atoms with E-state index < -0.39 is 0 Å². The van der Waals surface area contributed by atoms with E-state index in [1.54, 1.807) is 13.2 Å². The standard InChI is InChI=1S/C18H20N2O3S/c1-23-15-5-2-4-14(12-15)19-17(21)13-7-9-20(10-8-13)18(22)16-6-3-11-24-16/h2-6,11-13H,7-10H2,1H3,(H,19,21). The molecule has 1 aliphatic rings. The van der Waals surface area contributed by atoms with Crippen LogP contribution in [0.2, 0.25) is 0 Å². The summed E-state index contributed by atoms with van der Waals surface area (Å²) in [5.74, 6) is 0.718. The minimum atomic E-state index is -0.0661. The van der Waals surface area contributed by atoms with E-state index >= 15 is 0 Å². The Bertz CT molecular complexity index is 707. The van der Waals surface area contributed by atoms with Crippen molar-refractivity contribution < 1.29 is 14.3 Å². The molecule has 0 radical (unpaired) electrons. The van der Waals surface area contributed by atoms with Gasteiger partial charge in [-0.05, 0) is 36.4 Å². The van der Waals surface area contributed by atoms with Crippen molar-refractivity contribution in [1.82, 2.24) is 4.90 Å². The molecule has 2 amide bonds. The van der Waals surface area contributed by atoms with Crippen LogP contribution in [0.25, 0.3) is 0 Å². The number of nitrogens with zero attached hydrogens (tertiary/aromatic N) is 1. The Hall–Kier alpha value is -2.34. The highest BCUT2D eigenvalue weighted by molar-refractivity contribution is 7.12. The molecule has 5 nitrogen and oxygen atoms in total. The zero-order chi connectivity index (χ0) is 16.9. The summed E-state index contributed by atoms with van der Waals surface area (Å²) in [6.45, 7) is 1.24. The van der Waals surface area contributed by atoms with E-state index in [-0.39, 0.29) is 17.7 Å². The van der Waals surface area contributed by atoms with E-state index in [4.69, 9.17) is 4.74 Å². The van der Waals surface area contributed by atoms with Crippen LogP contribution in [0.4, 0.5) is 5.69 Å². The van der Waals surface area contributed by atoms with Crippen molar-refractivity contribution in [3.8, 4) is 5.75 Å². The van der Waals surface area contributed by atoms with Gasteiger partial charge >= 0.3 is 0 Å². The molecule has 0 atom stereocenters. The summed E-state index contributed by atoms with van der Waals surface area (Å²) in [5, 5.41) is 4.84. The van der Waals surface area contributed by atoms with E-state index in [1.807, 2.05) is 40.6 Å². The second-order valence-electron chi connectivity index (χ2n) is 5.76. The Balaban J connectivity index is 1.54. The maximum atomic E-state index is 12.4. The van der Waals surface area contributed by atoms with Gasteiger partial charge in [-0.25, -0.2) is 0 Å². The average Bonchev–Trinajstić information content (AvgIpc) is 3.16. The van der Waals surface area contributed by atoms with Crippen molar-refractivity contribution in [3.63, 3.8) is 0 Å². The van der Waals surface area contributed by atoms with E-state index in [0.29, 0.717) is 31.7 Å². The van der Waals surface area contributed by atoms with Gasteiger partial charge in [0.05, 0.1) is 12.0 Å². The number of carbonyl (C=O) groups is 2. The Morgan fingerprint density at radius 2 is 2.00 bits per heavy atom. The lowest BCUT2D eigenvalue weighted by molar-refractivity contribution is -0.121. The lowest BCUT2D eigenvalue weighted by Gasteiger charge is -2.31. The van der Waals surface area contributed by atoms with Crippen LogP contribution in [0, 0.1) is 5.92 Å². The number of benzene rings is 1. The summed E-state index contributed by atoms with van der Waals surface area (Å²) in [6.07, 6.45) is 1.37. The summed E-state index contributed by atoms with van der Waals surface area (Å²) in [6, 6.07) is 11.0. The predicted molar refractivity (Wildman–Crippen MR) is 94.6 cm³/mol. The number of anilines is 1. The first-order valence-electron chi connectivity index (χ1n) is 7.95. The van der Waals surface area contributed by atoms with E-state index in [0.717, 1.165) is 10.6 Å². The SMILES string of the molecule is COc1cccc(NC(=O)C2CCN(C(=O)c3cccs3)CC2)c1. The summed E-state index contributed by atoms with van der Waals surface area (Å²) in [5.41, 5.74) is 0.733. The Morgan fingerprint density at radius 1 is 1.21 bits per heavy atom. The number of methoxy groups -OCH3 is 1. The minimum Gasteiger partial charge on any atom is -0.497 e. The molecule has 126 valence electrons. The van der Waals surface area contributed by atoms with Crippen molar-refractivity contribution in [3.05, 3.63) is 46.7 Å². The maximum absolute atomic E-state index is 12.4. The van der Waals surface area contributed by atoms with E-state index in [1.165, 1.54) is 11.3 Å². The van der Waals surface area contributed by atoms with Crippen LogP contribution >= 0.6 is 11.3 Å². The quantitative estimate of drug-likeness (QED) is 0.926. The minimum absolute atomic E-state index is 0.00600. The molecule has 24 heavy (non-hydrogen) atoms. The van der Waals surface area contributed by atoms with Crippen molar-refractivity contribution in [2.75, 3.05) is 25.5 Å². The first-order valence-corrected chi connectivity index (χ1v) is 8.83. The molecule has 1 aromatic carbocycles. The highest BCUT2D eigenvalue weighted by Gasteiger charge is 2.28. The van der Waals surface area contributed by atoms with Gasteiger partial charge in [-0.3, -0.25) is 9.59 Å². The molecule has 0 spiro atoms. The number of amides is 2. The number of thiophene rings is 1. The first kappa shape index (κ1) is 16.5. The lowest BCUT2D eigenvalue weighted by Crippen LogP contribution is -2.41. The normalized spacial score (nSPS) is 15.1. The summed E-state index contributed by atoms with van der Waals surface area (Å²) in [7, 11) is 1.60. The van der Waals surface area contributed by atoms with Crippen LogP contribution in [-0.2, 0) is 4.79 Å². The van der Waals surface area contributed by atoms with Gasteiger partial charge in [-0.15, -0.1) is 11.3 Å². The molecule has 0 aliphatic carbocycles. The molecule has 1 N–H and O–H groups in total. The molecule has 2 aromatic rings. The van der Waals surface area contributed by atoms with Crippen LogP contribution < -0.4 is 10.1 Å². The molecule has 1 aromatic heterocycles. The summed E-state index contributed by atoms with van der Waals surface area (Å²) >= 11 is 1.45. The number of hydrogen-bond donors (Lipinski definition) is 1. The molecule has 2 heterocycles. The van der Waals surface area contributed by atoms with Gasteiger partial charge in [0.25, 0.3) is 5.91 Å². The number of ether oxygens (including phenoxy) is 1. The molecule has 1 saturated heterocycles. The first-order chi connectivity index (χ1) is 11.7. The van der Waals surface area contributed by atoms with Crippen molar-refractivity contribution in [2.45, 2.75) is 12.8 Å². The van der Waals surface area contributed by atoms with Crippen LogP contribution in [0.15, 0.2) is 41.8 Å². The third-order valence-corrected chi connectivity index (χ3v) is 5.08. The lowest BCUT2D eigenvalue weighted by atomic mass is 9.95. The second-order valence-corrected chi connectivity index (χ2v) is 6.71. The Labute approximate surface area is 145 Å². The fourth-order valence-corrected chi connectivity index (χ4v) is 3.54. The molecular weight excluding hydrogens is 324 g/mol. The molecule has 3 rings (SSSR count). The van der Waals surface area contributed by atoms with Crippen LogP contribution in [-0.4, -0.2) is 36.9 Å². The molecular formula is C18H20N2O3S. The smallest absolute Gasteiger partial charge is 0.263 e. The molecule has 0 saturated carbocycles. The third kappa shape index (κ3) is 3.76. The van der Waals surface area contributed by atoms with Gasteiger partial charge in [0.15, 0.2) is 0 Å². The van der Waals surface area contributed by atoms with E-state index in [2.05, 4.69) is 5.32 Å². The number of nitrogens with one attached hydrogen (secondary N) is 1. The van der Waals surface area contributed by atoms with Gasteiger partial charge in [-0.2, -0.15) is 0 Å². The highest BCUT2D eigenvalue weighted by atomic mass is 32.1. The molecule has 1 aliphatic heterocycles. The zero-order valence-electron chi connectivity index (χ0n) is 13.5. The van der Waals surface area contributed by atoms with Crippen molar-refractivity contribution in [1.29, 1.82) is 0 Å². The summed E-state index contributed by atoms with van der Waals surface area (Å²) < 4.78 is 5.16. The number of likely N-dealkylation sites (tertiary alicyclic amines) is 1. The van der Waals surface area contributed by atoms with Gasteiger partial charge in [-0.1, -0.05) is 12.1 Å². The van der Waals surface area contributed by atoms with Gasteiger partial charge in [0.2, 0.25) is 5.91 Å². The van der Waals surface area contributed by atoms with Gasteiger partial charge in [0, 0.05) is 30.8 Å². The second kappa shape index (κ2) is 7.49. The number of rotatable bonds is 4. The number of piperidine rings is 1. The van der Waals surface area contributed by atoms with Crippen LogP contribution in [0.5, 0.6) is 5.75 Å². The van der Waals surface area contributed by atoms with Crippen molar-refractivity contribution in [2.24, 2.45) is 5.92 Å². The topological polar surface area (TPSA) is 58.6 Å². The molecule has 1 fully saturated rings. The largest absolute Gasteiger partial charge is 0.497 e. The molecule has 0 unspecified atom stereocenters. The van der Waals surface area contributed by atoms with Gasteiger partial charge < -0.3 is 15.0 Å². The average molecular weight is 344 g/mol. The van der Waals surface area contributed by atoms with Gasteiger partial charge in [0.1, 0.15) is 5.75 Å². The highest BCUT2D eigenvalue weighted by Crippen LogP contribution is 2.23. The third-order valence-electron chi connectivity index (χ3n) is 4.22. The predicted octanol–water partition coefficient (Wildman–Crippen LogP) is 3.25. The monoisotopic (exact) mass is 344 g/mol. The van der Waals surface area contributed by atoms with Crippen LogP contribution in [0.3, 0.4) is 0 Å². The zero-order valence-corrected chi connectivity index (χ0v) is 14.3. The molecule has 6 heteroatoms. The number of hydrogen-bond acceptors (Lipinski definition) is 4. The van der Waals surface area contributed by atoms with Crippen molar-refractivity contribution >= 4 is 28.8 Å². The Kier molecular flexibility index (Phi) is 5.15. The fraction of sp³-hybridized carbons (Fsp3) is 0.333.